The van der Waals surface area contributed by atoms with Gasteiger partial charge in [-0.2, -0.15) is 0 Å². The summed E-state index contributed by atoms with van der Waals surface area (Å²) < 4.78 is 0. The molecular formula is C16H33N. The van der Waals surface area contributed by atoms with Gasteiger partial charge in [0.15, 0.2) is 0 Å². The largest absolute Gasteiger partial charge is 0.314 e. The maximum absolute atomic E-state index is 3.77. The summed E-state index contributed by atoms with van der Waals surface area (Å²) in [5.74, 6) is 2.83. The second kappa shape index (κ2) is 8.13. The van der Waals surface area contributed by atoms with Gasteiger partial charge in [-0.05, 0) is 43.6 Å². The lowest BCUT2D eigenvalue weighted by Crippen LogP contribution is -2.39. The lowest BCUT2D eigenvalue weighted by molar-refractivity contribution is 0.197. The zero-order valence-corrected chi connectivity index (χ0v) is 12.5. The molecule has 1 nitrogen and oxygen atoms in total. The molecule has 0 radical (unpaired) electrons. The maximum Gasteiger partial charge on any atom is 0.00979 e. The quantitative estimate of drug-likeness (QED) is 0.683. The number of rotatable bonds is 7. The molecule has 0 spiro atoms. The van der Waals surface area contributed by atoms with Crippen LogP contribution >= 0.6 is 0 Å². The molecule has 1 fully saturated rings. The highest BCUT2D eigenvalue weighted by atomic mass is 14.9. The topological polar surface area (TPSA) is 12.0 Å². The van der Waals surface area contributed by atoms with Gasteiger partial charge in [0.25, 0.3) is 0 Å². The molecule has 3 atom stereocenters. The van der Waals surface area contributed by atoms with Gasteiger partial charge in [0, 0.05) is 6.04 Å². The Bertz CT molecular complexity index is 186. The molecule has 0 aromatic carbocycles. The fraction of sp³-hybridized carbons (Fsp3) is 1.00. The van der Waals surface area contributed by atoms with Crippen molar-refractivity contribution in [3.05, 3.63) is 0 Å². The van der Waals surface area contributed by atoms with Crippen molar-refractivity contribution in [1.29, 1.82) is 0 Å². The normalized spacial score (nSPS) is 27.4. The van der Waals surface area contributed by atoms with Crippen LogP contribution in [0, 0.1) is 17.8 Å². The minimum atomic E-state index is 0.785. The van der Waals surface area contributed by atoms with E-state index in [0.717, 1.165) is 30.3 Å². The minimum absolute atomic E-state index is 0.785. The van der Waals surface area contributed by atoms with Crippen LogP contribution in [0.25, 0.3) is 0 Å². The lowest BCUT2D eigenvalue weighted by Gasteiger charge is -2.35. The predicted molar refractivity (Wildman–Crippen MR) is 77.3 cm³/mol. The molecule has 0 amide bonds. The van der Waals surface area contributed by atoms with Gasteiger partial charge in [0.05, 0.1) is 0 Å². The average Bonchev–Trinajstić information content (AvgIpc) is 2.34. The van der Waals surface area contributed by atoms with Gasteiger partial charge >= 0.3 is 0 Å². The van der Waals surface area contributed by atoms with E-state index >= 15 is 0 Å². The fourth-order valence-electron chi connectivity index (χ4n) is 3.53. The Kier molecular flexibility index (Phi) is 7.18. The van der Waals surface area contributed by atoms with Gasteiger partial charge < -0.3 is 5.32 Å². The van der Waals surface area contributed by atoms with Crippen LogP contribution in [0.1, 0.15) is 72.6 Å². The summed E-state index contributed by atoms with van der Waals surface area (Å²) in [6.45, 7) is 10.5. The summed E-state index contributed by atoms with van der Waals surface area (Å²) >= 11 is 0. The highest BCUT2D eigenvalue weighted by Gasteiger charge is 2.27. The number of hydrogen-bond donors (Lipinski definition) is 1. The predicted octanol–water partition coefficient (Wildman–Crippen LogP) is 4.62. The zero-order valence-electron chi connectivity index (χ0n) is 12.5. The summed E-state index contributed by atoms with van der Waals surface area (Å²) in [4.78, 5) is 0. The van der Waals surface area contributed by atoms with E-state index in [2.05, 4.69) is 33.0 Å². The van der Waals surface area contributed by atoms with Crippen molar-refractivity contribution in [3.8, 4) is 0 Å². The van der Waals surface area contributed by atoms with Gasteiger partial charge in [0.1, 0.15) is 0 Å². The van der Waals surface area contributed by atoms with E-state index < -0.39 is 0 Å². The Labute approximate surface area is 109 Å². The SMILES string of the molecule is CCNC(CC(CC)CC)C1CCCC(C)C1. The molecule has 0 aromatic heterocycles. The van der Waals surface area contributed by atoms with Gasteiger partial charge in [-0.3, -0.25) is 0 Å². The monoisotopic (exact) mass is 239 g/mol. The van der Waals surface area contributed by atoms with E-state index in [1.807, 2.05) is 0 Å². The summed E-state index contributed by atoms with van der Waals surface area (Å²) in [7, 11) is 0. The molecule has 17 heavy (non-hydrogen) atoms. The van der Waals surface area contributed by atoms with Crippen LogP contribution in [0.15, 0.2) is 0 Å². The first-order valence-corrected chi connectivity index (χ1v) is 7.94. The Balaban J connectivity index is 2.50. The van der Waals surface area contributed by atoms with E-state index in [-0.39, 0.29) is 0 Å². The van der Waals surface area contributed by atoms with Crippen LogP contribution in [-0.2, 0) is 0 Å². The van der Waals surface area contributed by atoms with Crippen LogP contribution in [0.3, 0.4) is 0 Å². The van der Waals surface area contributed by atoms with E-state index in [0.29, 0.717) is 0 Å². The van der Waals surface area contributed by atoms with Crippen LogP contribution in [0.2, 0.25) is 0 Å². The Hall–Kier alpha value is -0.0400. The third-order valence-electron chi connectivity index (χ3n) is 4.75. The minimum Gasteiger partial charge on any atom is -0.314 e. The molecule has 3 unspecified atom stereocenters. The van der Waals surface area contributed by atoms with E-state index in [1.54, 1.807) is 0 Å². The Morgan fingerprint density at radius 3 is 2.35 bits per heavy atom. The van der Waals surface area contributed by atoms with Crippen LogP contribution in [0.5, 0.6) is 0 Å². The highest BCUT2D eigenvalue weighted by Crippen LogP contribution is 2.33. The van der Waals surface area contributed by atoms with Crippen molar-refractivity contribution >= 4 is 0 Å². The summed E-state index contributed by atoms with van der Waals surface area (Å²) in [5, 5.41) is 3.77. The van der Waals surface area contributed by atoms with Crippen molar-refractivity contribution in [2.75, 3.05) is 6.54 Å². The molecule has 1 rings (SSSR count). The Morgan fingerprint density at radius 1 is 1.12 bits per heavy atom. The van der Waals surface area contributed by atoms with Crippen LogP contribution in [-0.4, -0.2) is 12.6 Å². The highest BCUT2D eigenvalue weighted by molar-refractivity contribution is 4.82. The third kappa shape index (κ3) is 4.99. The summed E-state index contributed by atoms with van der Waals surface area (Å²) in [6, 6.07) is 0.785. The zero-order chi connectivity index (χ0) is 12.7. The summed E-state index contributed by atoms with van der Waals surface area (Å²) in [5.41, 5.74) is 0. The maximum atomic E-state index is 3.77. The molecule has 1 aliphatic carbocycles. The van der Waals surface area contributed by atoms with Crippen molar-refractivity contribution in [2.24, 2.45) is 17.8 Å². The first kappa shape index (κ1) is 15.0. The average molecular weight is 239 g/mol. The molecule has 0 aromatic rings. The molecule has 1 aliphatic rings. The lowest BCUT2D eigenvalue weighted by atomic mass is 9.76. The van der Waals surface area contributed by atoms with Crippen molar-refractivity contribution in [2.45, 2.75) is 78.7 Å². The van der Waals surface area contributed by atoms with Crippen molar-refractivity contribution in [1.82, 2.24) is 5.32 Å². The van der Waals surface area contributed by atoms with Crippen molar-refractivity contribution < 1.29 is 0 Å². The third-order valence-corrected chi connectivity index (χ3v) is 4.75. The molecule has 0 saturated heterocycles. The standard InChI is InChI=1S/C16H33N/c1-5-14(6-2)12-16(17-7-3)15-10-8-9-13(4)11-15/h13-17H,5-12H2,1-4H3. The molecular weight excluding hydrogens is 206 g/mol. The van der Waals surface area contributed by atoms with E-state index in [4.69, 9.17) is 0 Å². The summed E-state index contributed by atoms with van der Waals surface area (Å²) in [6.07, 6.45) is 9.93. The molecule has 0 aliphatic heterocycles. The van der Waals surface area contributed by atoms with E-state index in [1.165, 1.54) is 44.9 Å². The Morgan fingerprint density at radius 2 is 1.82 bits per heavy atom. The molecule has 0 heterocycles. The first-order chi connectivity index (χ1) is 8.21. The second-order valence-corrected chi connectivity index (χ2v) is 6.11. The van der Waals surface area contributed by atoms with Crippen LogP contribution < -0.4 is 5.32 Å². The smallest absolute Gasteiger partial charge is 0.00979 e. The van der Waals surface area contributed by atoms with Crippen LogP contribution in [0.4, 0.5) is 0 Å². The van der Waals surface area contributed by atoms with Gasteiger partial charge in [0.2, 0.25) is 0 Å². The molecule has 102 valence electrons. The number of hydrogen-bond acceptors (Lipinski definition) is 1. The molecule has 0 bridgehead atoms. The second-order valence-electron chi connectivity index (χ2n) is 6.11. The van der Waals surface area contributed by atoms with Crippen molar-refractivity contribution in [3.63, 3.8) is 0 Å². The molecule has 1 heteroatoms. The van der Waals surface area contributed by atoms with Gasteiger partial charge in [-0.1, -0.05) is 53.4 Å². The van der Waals surface area contributed by atoms with Gasteiger partial charge in [-0.25, -0.2) is 0 Å². The molecule has 1 N–H and O–H groups in total. The number of nitrogens with one attached hydrogen (secondary N) is 1. The fourth-order valence-corrected chi connectivity index (χ4v) is 3.53. The molecule has 1 saturated carbocycles. The van der Waals surface area contributed by atoms with Gasteiger partial charge in [-0.15, -0.1) is 0 Å². The first-order valence-electron chi connectivity index (χ1n) is 7.94. The van der Waals surface area contributed by atoms with E-state index in [9.17, 15) is 0 Å².